The SMILES string of the molecule is Cc1cccc(OCc2csc(CNC3CC3)n2)c1. The molecule has 1 aliphatic rings. The predicted molar refractivity (Wildman–Crippen MR) is 77.5 cm³/mol. The summed E-state index contributed by atoms with van der Waals surface area (Å²) >= 11 is 1.70. The molecule has 4 heteroatoms. The van der Waals surface area contributed by atoms with E-state index in [0.29, 0.717) is 6.61 Å². The van der Waals surface area contributed by atoms with Crippen molar-refractivity contribution in [2.24, 2.45) is 0 Å². The van der Waals surface area contributed by atoms with E-state index >= 15 is 0 Å². The van der Waals surface area contributed by atoms with Crippen LogP contribution in [0, 0.1) is 6.92 Å². The van der Waals surface area contributed by atoms with Crippen LogP contribution in [0.4, 0.5) is 0 Å². The lowest BCUT2D eigenvalue weighted by atomic mass is 10.2. The number of aryl methyl sites for hydroxylation is 1. The molecule has 1 saturated carbocycles. The van der Waals surface area contributed by atoms with Crippen molar-refractivity contribution in [3.05, 3.63) is 45.9 Å². The zero-order valence-electron chi connectivity index (χ0n) is 11.1. The molecule has 0 aliphatic heterocycles. The van der Waals surface area contributed by atoms with E-state index in [2.05, 4.69) is 28.7 Å². The highest BCUT2D eigenvalue weighted by Crippen LogP contribution is 2.20. The van der Waals surface area contributed by atoms with Gasteiger partial charge in [-0.15, -0.1) is 11.3 Å². The van der Waals surface area contributed by atoms with Gasteiger partial charge in [0.25, 0.3) is 0 Å². The molecule has 1 heterocycles. The molecular formula is C15H18N2OS. The summed E-state index contributed by atoms with van der Waals surface area (Å²) < 4.78 is 5.75. The molecule has 0 saturated heterocycles. The van der Waals surface area contributed by atoms with Crippen molar-refractivity contribution in [3.8, 4) is 5.75 Å². The van der Waals surface area contributed by atoms with Crippen LogP contribution in [0.2, 0.25) is 0 Å². The molecule has 1 aromatic carbocycles. The van der Waals surface area contributed by atoms with Gasteiger partial charge in [0.15, 0.2) is 0 Å². The molecule has 0 atom stereocenters. The van der Waals surface area contributed by atoms with E-state index in [1.54, 1.807) is 11.3 Å². The third-order valence-corrected chi connectivity index (χ3v) is 3.99. The monoisotopic (exact) mass is 274 g/mol. The van der Waals surface area contributed by atoms with Crippen molar-refractivity contribution < 1.29 is 4.74 Å². The van der Waals surface area contributed by atoms with Crippen molar-refractivity contribution in [1.29, 1.82) is 0 Å². The van der Waals surface area contributed by atoms with Crippen LogP contribution >= 0.6 is 11.3 Å². The summed E-state index contributed by atoms with van der Waals surface area (Å²) in [5.74, 6) is 0.908. The van der Waals surface area contributed by atoms with Crippen molar-refractivity contribution in [1.82, 2.24) is 10.3 Å². The first-order valence-corrected chi connectivity index (χ1v) is 7.54. The summed E-state index contributed by atoms with van der Waals surface area (Å²) in [5.41, 5.74) is 2.23. The fourth-order valence-corrected chi connectivity index (χ4v) is 2.61. The Morgan fingerprint density at radius 1 is 1.42 bits per heavy atom. The second kappa shape index (κ2) is 5.72. The number of hydrogen-bond donors (Lipinski definition) is 1. The summed E-state index contributed by atoms with van der Waals surface area (Å²) in [6.07, 6.45) is 2.63. The first-order chi connectivity index (χ1) is 9.29. The number of rotatable bonds is 6. The lowest BCUT2D eigenvalue weighted by Crippen LogP contribution is -2.15. The van der Waals surface area contributed by atoms with Gasteiger partial charge in [-0.3, -0.25) is 0 Å². The predicted octanol–water partition coefficient (Wildman–Crippen LogP) is 3.28. The summed E-state index contributed by atoms with van der Waals surface area (Å²) in [6, 6.07) is 8.83. The smallest absolute Gasteiger partial charge is 0.131 e. The normalized spacial score (nSPS) is 14.6. The number of nitrogens with zero attached hydrogens (tertiary/aromatic N) is 1. The minimum atomic E-state index is 0.545. The molecule has 1 aromatic heterocycles. The third-order valence-electron chi connectivity index (χ3n) is 3.09. The number of ether oxygens (including phenoxy) is 1. The van der Waals surface area contributed by atoms with E-state index in [-0.39, 0.29) is 0 Å². The maximum atomic E-state index is 5.75. The van der Waals surface area contributed by atoms with E-state index in [0.717, 1.165) is 29.0 Å². The van der Waals surface area contributed by atoms with Crippen molar-refractivity contribution >= 4 is 11.3 Å². The maximum Gasteiger partial charge on any atom is 0.131 e. The Morgan fingerprint density at radius 2 is 2.32 bits per heavy atom. The summed E-state index contributed by atoms with van der Waals surface area (Å²) in [6.45, 7) is 3.50. The van der Waals surface area contributed by atoms with Gasteiger partial charge in [0.2, 0.25) is 0 Å². The van der Waals surface area contributed by atoms with E-state index in [1.807, 2.05) is 18.2 Å². The Kier molecular flexibility index (Phi) is 3.80. The summed E-state index contributed by atoms with van der Waals surface area (Å²) in [4.78, 5) is 4.58. The minimum Gasteiger partial charge on any atom is -0.487 e. The second-order valence-electron chi connectivity index (χ2n) is 4.99. The van der Waals surface area contributed by atoms with Crippen LogP contribution in [0.5, 0.6) is 5.75 Å². The van der Waals surface area contributed by atoms with Gasteiger partial charge in [-0.25, -0.2) is 4.98 Å². The van der Waals surface area contributed by atoms with Gasteiger partial charge in [0.1, 0.15) is 17.4 Å². The lowest BCUT2D eigenvalue weighted by molar-refractivity contribution is 0.301. The number of benzene rings is 1. The molecule has 0 unspecified atom stereocenters. The van der Waals surface area contributed by atoms with Gasteiger partial charge in [-0.05, 0) is 37.5 Å². The first-order valence-electron chi connectivity index (χ1n) is 6.66. The quantitative estimate of drug-likeness (QED) is 0.877. The number of hydrogen-bond acceptors (Lipinski definition) is 4. The molecule has 3 nitrogen and oxygen atoms in total. The fraction of sp³-hybridized carbons (Fsp3) is 0.400. The Bertz CT molecular complexity index is 549. The van der Waals surface area contributed by atoms with Gasteiger partial charge in [-0.2, -0.15) is 0 Å². The molecule has 100 valence electrons. The minimum absolute atomic E-state index is 0.545. The van der Waals surface area contributed by atoms with Gasteiger partial charge >= 0.3 is 0 Å². The van der Waals surface area contributed by atoms with Crippen LogP contribution in [0.1, 0.15) is 29.1 Å². The Labute approximate surface area is 117 Å². The Hall–Kier alpha value is -1.39. The highest BCUT2D eigenvalue weighted by Gasteiger charge is 2.20. The van der Waals surface area contributed by atoms with Crippen LogP contribution in [0.25, 0.3) is 0 Å². The van der Waals surface area contributed by atoms with E-state index in [9.17, 15) is 0 Å². The molecule has 3 rings (SSSR count). The maximum absolute atomic E-state index is 5.75. The molecule has 0 amide bonds. The van der Waals surface area contributed by atoms with Crippen molar-refractivity contribution in [2.45, 2.75) is 39.0 Å². The molecular weight excluding hydrogens is 256 g/mol. The molecule has 1 aliphatic carbocycles. The van der Waals surface area contributed by atoms with E-state index < -0.39 is 0 Å². The average molecular weight is 274 g/mol. The molecule has 1 N–H and O–H groups in total. The molecule has 2 aromatic rings. The van der Waals surface area contributed by atoms with E-state index in [4.69, 9.17) is 4.74 Å². The van der Waals surface area contributed by atoms with Crippen LogP contribution < -0.4 is 10.1 Å². The standard InChI is InChI=1S/C15H18N2OS/c1-11-3-2-4-14(7-11)18-9-13-10-19-15(17-13)8-16-12-5-6-12/h2-4,7,10,12,16H,5-6,8-9H2,1H3. The van der Waals surface area contributed by atoms with Crippen molar-refractivity contribution in [2.75, 3.05) is 0 Å². The summed E-state index contributed by atoms with van der Waals surface area (Å²) in [7, 11) is 0. The number of aromatic nitrogens is 1. The van der Waals surface area contributed by atoms with E-state index in [1.165, 1.54) is 18.4 Å². The zero-order valence-corrected chi connectivity index (χ0v) is 11.9. The van der Waals surface area contributed by atoms with Crippen LogP contribution in [-0.2, 0) is 13.2 Å². The van der Waals surface area contributed by atoms with Crippen molar-refractivity contribution in [3.63, 3.8) is 0 Å². The van der Waals surface area contributed by atoms with Gasteiger partial charge < -0.3 is 10.1 Å². The van der Waals surface area contributed by atoms with Crippen LogP contribution in [0.3, 0.4) is 0 Å². The highest BCUT2D eigenvalue weighted by molar-refractivity contribution is 7.09. The Balaban J connectivity index is 1.51. The van der Waals surface area contributed by atoms with Gasteiger partial charge in [0.05, 0.1) is 5.69 Å². The first kappa shape index (κ1) is 12.6. The zero-order chi connectivity index (χ0) is 13.1. The topological polar surface area (TPSA) is 34.1 Å². The van der Waals surface area contributed by atoms with Crippen LogP contribution in [0.15, 0.2) is 29.6 Å². The average Bonchev–Trinajstić information content (AvgIpc) is 3.13. The molecule has 0 bridgehead atoms. The fourth-order valence-electron chi connectivity index (χ4n) is 1.88. The van der Waals surface area contributed by atoms with Gasteiger partial charge in [-0.1, -0.05) is 12.1 Å². The largest absolute Gasteiger partial charge is 0.487 e. The van der Waals surface area contributed by atoms with Gasteiger partial charge in [0, 0.05) is 18.0 Å². The number of thiazole rings is 1. The second-order valence-corrected chi connectivity index (χ2v) is 5.94. The highest BCUT2D eigenvalue weighted by atomic mass is 32.1. The molecule has 0 spiro atoms. The third kappa shape index (κ3) is 3.78. The Morgan fingerprint density at radius 3 is 3.11 bits per heavy atom. The lowest BCUT2D eigenvalue weighted by Gasteiger charge is -2.04. The number of nitrogens with one attached hydrogen (secondary N) is 1. The summed E-state index contributed by atoms with van der Waals surface area (Å²) in [5, 5.41) is 6.71. The molecule has 0 radical (unpaired) electrons. The molecule has 19 heavy (non-hydrogen) atoms. The van der Waals surface area contributed by atoms with Crippen LogP contribution in [-0.4, -0.2) is 11.0 Å². The molecule has 1 fully saturated rings.